The molecule has 40 heavy (non-hydrogen) atoms. The van der Waals surface area contributed by atoms with Crippen LogP contribution in [0.15, 0.2) is 42.5 Å². The number of hydrogen-bond acceptors (Lipinski definition) is 6. The molecule has 2 N–H and O–H groups in total. The van der Waals surface area contributed by atoms with Crippen molar-refractivity contribution < 1.29 is 23.9 Å². The van der Waals surface area contributed by atoms with Gasteiger partial charge in [-0.3, -0.25) is 9.59 Å². The molecule has 10 heteroatoms. The summed E-state index contributed by atoms with van der Waals surface area (Å²) in [7, 11) is 0. The van der Waals surface area contributed by atoms with Crippen molar-refractivity contribution in [2.45, 2.75) is 51.5 Å². The summed E-state index contributed by atoms with van der Waals surface area (Å²) in [6.07, 6.45) is 6.57. The largest absolute Gasteiger partial charge is 0.454 e. The average molecular weight is 550 g/mol. The Balaban J connectivity index is 1.10. The zero-order chi connectivity index (χ0) is 27.9. The normalized spacial score (nSPS) is 16.9. The van der Waals surface area contributed by atoms with Gasteiger partial charge in [-0.05, 0) is 61.7 Å². The Bertz CT molecular complexity index is 1190. The monoisotopic (exact) mass is 549 g/mol. The van der Waals surface area contributed by atoms with Crippen molar-refractivity contribution in [2.75, 3.05) is 56.3 Å². The molecular formula is C30H39N5O5. The number of rotatable bonds is 8. The molecule has 1 aliphatic carbocycles. The van der Waals surface area contributed by atoms with Crippen LogP contribution in [0.1, 0.15) is 55.8 Å². The Labute approximate surface area is 235 Å². The minimum absolute atomic E-state index is 0.0479. The minimum Gasteiger partial charge on any atom is -0.454 e. The molecule has 4 amide bonds. The van der Waals surface area contributed by atoms with Crippen LogP contribution in [-0.2, 0) is 4.79 Å². The van der Waals surface area contributed by atoms with Crippen LogP contribution in [0, 0.1) is 0 Å². The van der Waals surface area contributed by atoms with Crippen molar-refractivity contribution in [1.82, 2.24) is 15.1 Å². The lowest BCUT2D eigenvalue weighted by Gasteiger charge is -2.37. The van der Waals surface area contributed by atoms with Gasteiger partial charge in [0.25, 0.3) is 5.91 Å². The second kappa shape index (κ2) is 12.9. The molecule has 5 rings (SSSR count). The summed E-state index contributed by atoms with van der Waals surface area (Å²) < 4.78 is 10.7. The van der Waals surface area contributed by atoms with Crippen LogP contribution < -0.4 is 25.0 Å². The summed E-state index contributed by atoms with van der Waals surface area (Å²) in [5.41, 5.74) is 2.18. The Hall–Kier alpha value is -3.95. The van der Waals surface area contributed by atoms with Gasteiger partial charge in [0, 0.05) is 55.7 Å². The SMILES string of the molecule is CCCN(CC(=O)Nc1ccc(N2CCN(C(=O)NC3CCCCC3)CC2)cc1)C(=O)c1ccc2c(c1)OCO2. The predicted octanol–water partition coefficient (Wildman–Crippen LogP) is 4.07. The molecule has 2 aromatic rings. The lowest BCUT2D eigenvalue weighted by molar-refractivity contribution is -0.116. The summed E-state index contributed by atoms with van der Waals surface area (Å²) in [4.78, 5) is 44.3. The van der Waals surface area contributed by atoms with Crippen LogP contribution in [0.3, 0.4) is 0 Å². The van der Waals surface area contributed by atoms with Gasteiger partial charge < -0.3 is 34.8 Å². The number of hydrogen-bond donors (Lipinski definition) is 2. The highest BCUT2D eigenvalue weighted by Gasteiger charge is 2.25. The molecule has 1 saturated heterocycles. The molecule has 0 aromatic heterocycles. The average Bonchev–Trinajstić information content (AvgIpc) is 3.46. The van der Waals surface area contributed by atoms with Crippen molar-refractivity contribution in [3.8, 4) is 11.5 Å². The standard InChI is InChI=1S/C30H39N5O5/c1-2-14-35(29(37)22-8-13-26-27(19-22)40-21-39-26)20-28(36)31-24-9-11-25(12-10-24)33-15-17-34(18-16-33)30(38)32-23-6-4-3-5-7-23/h8-13,19,23H,2-7,14-18,20-21H2,1H3,(H,31,36)(H,32,38). The summed E-state index contributed by atoms with van der Waals surface area (Å²) in [6, 6.07) is 13.2. The van der Waals surface area contributed by atoms with Crippen molar-refractivity contribution in [2.24, 2.45) is 0 Å². The lowest BCUT2D eigenvalue weighted by Crippen LogP contribution is -2.53. The molecule has 0 bridgehead atoms. The molecule has 0 spiro atoms. The van der Waals surface area contributed by atoms with Crippen molar-refractivity contribution in [3.63, 3.8) is 0 Å². The van der Waals surface area contributed by atoms with Gasteiger partial charge in [-0.1, -0.05) is 26.2 Å². The number of amides is 4. The molecule has 1 saturated carbocycles. The van der Waals surface area contributed by atoms with Crippen LogP contribution in [0.4, 0.5) is 16.2 Å². The smallest absolute Gasteiger partial charge is 0.317 e. The zero-order valence-corrected chi connectivity index (χ0v) is 23.2. The topological polar surface area (TPSA) is 103 Å². The maximum atomic E-state index is 13.1. The molecule has 0 radical (unpaired) electrons. The van der Waals surface area contributed by atoms with Gasteiger partial charge in [0.2, 0.25) is 12.7 Å². The highest BCUT2D eigenvalue weighted by Crippen LogP contribution is 2.33. The van der Waals surface area contributed by atoms with E-state index < -0.39 is 0 Å². The number of carbonyl (C=O) groups is 3. The predicted molar refractivity (Wildman–Crippen MR) is 153 cm³/mol. The first-order valence-electron chi connectivity index (χ1n) is 14.4. The fraction of sp³-hybridized carbons (Fsp3) is 0.500. The van der Waals surface area contributed by atoms with E-state index in [1.807, 2.05) is 36.1 Å². The lowest BCUT2D eigenvalue weighted by atomic mass is 9.96. The third kappa shape index (κ3) is 6.78. The summed E-state index contributed by atoms with van der Waals surface area (Å²) in [6.45, 7) is 5.41. The number of benzene rings is 2. The number of nitrogens with zero attached hydrogens (tertiary/aromatic N) is 3. The van der Waals surface area contributed by atoms with Gasteiger partial charge in [0.1, 0.15) is 6.54 Å². The van der Waals surface area contributed by atoms with Crippen molar-refractivity contribution in [1.29, 1.82) is 0 Å². The van der Waals surface area contributed by atoms with Crippen molar-refractivity contribution in [3.05, 3.63) is 48.0 Å². The number of urea groups is 1. The number of anilines is 2. The molecule has 3 aliphatic rings. The van der Waals surface area contributed by atoms with E-state index in [-0.39, 0.29) is 31.2 Å². The number of carbonyl (C=O) groups excluding carboxylic acids is 3. The van der Waals surface area contributed by atoms with E-state index in [1.54, 1.807) is 23.1 Å². The van der Waals surface area contributed by atoms with Crippen LogP contribution in [0.25, 0.3) is 0 Å². The summed E-state index contributed by atoms with van der Waals surface area (Å²) >= 11 is 0. The van der Waals surface area contributed by atoms with E-state index in [4.69, 9.17) is 9.47 Å². The molecule has 214 valence electrons. The van der Waals surface area contributed by atoms with Gasteiger partial charge in [-0.15, -0.1) is 0 Å². The van der Waals surface area contributed by atoms with Gasteiger partial charge >= 0.3 is 6.03 Å². The highest BCUT2D eigenvalue weighted by molar-refractivity contribution is 5.99. The molecule has 2 heterocycles. The number of nitrogens with one attached hydrogen (secondary N) is 2. The first kappa shape index (κ1) is 27.6. The second-order valence-corrected chi connectivity index (χ2v) is 10.6. The molecule has 10 nitrogen and oxygen atoms in total. The maximum absolute atomic E-state index is 13.1. The van der Waals surface area contributed by atoms with Crippen LogP contribution in [0.2, 0.25) is 0 Å². The first-order valence-corrected chi connectivity index (χ1v) is 14.4. The third-order valence-electron chi connectivity index (χ3n) is 7.75. The minimum atomic E-state index is -0.257. The number of fused-ring (bicyclic) bond motifs is 1. The van der Waals surface area contributed by atoms with Crippen LogP contribution >= 0.6 is 0 Å². The molecular weight excluding hydrogens is 510 g/mol. The highest BCUT2D eigenvalue weighted by atomic mass is 16.7. The van der Waals surface area contributed by atoms with Gasteiger partial charge in [-0.2, -0.15) is 0 Å². The Kier molecular flexibility index (Phi) is 8.93. The van der Waals surface area contributed by atoms with Crippen molar-refractivity contribution >= 4 is 29.2 Å². The zero-order valence-electron chi connectivity index (χ0n) is 23.2. The molecule has 2 aromatic carbocycles. The third-order valence-corrected chi connectivity index (χ3v) is 7.75. The quantitative estimate of drug-likeness (QED) is 0.515. The van der Waals surface area contributed by atoms with E-state index in [2.05, 4.69) is 15.5 Å². The Morgan fingerprint density at radius 1 is 0.925 bits per heavy atom. The van der Waals surface area contributed by atoms with E-state index >= 15 is 0 Å². The van der Waals surface area contributed by atoms with Crippen LogP contribution in [0.5, 0.6) is 11.5 Å². The van der Waals surface area contributed by atoms with E-state index in [9.17, 15) is 14.4 Å². The fourth-order valence-electron chi connectivity index (χ4n) is 5.54. The summed E-state index contributed by atoms with van der Waals surface area (Å²) in [5, 5.41) is 6.12. The maximum Gasteiger partial charge on any atom is 0.317 e. The summed E-state index contributed by atoms with van der Waals surface area (Å²) in [5.74, 6) is 0.669. The van der Waals surface area contributed by atoms with Crippen LogP contribution in [-0.4, -0.2) is 79.7 Å². The molecule has 2 aliphatic heterocycles. The number of ether oxygens (including phenoxy) is 2. The molecule has 0 atom stereocenters. The van der Waals surface area contributed by atoms with Gasteiger partial charge in [0.15, 0.2) is 11.5 Å². The second-order valence-electron chi connectivity index (χ2n) is 10.6. The Morgan fingerprint density at radius 3 is 2.38 bits per heavy atom. The van der Waals surface area contributed by atoms with Gasteiger partial charge in [0.05, 0.1) is 0 Å². The first-order chi connectivity index (χ1) is 19.5. The van der Waals surface area contributed by atoms with E-state index in [0.29, 0.717) is 48.4 Å². The molecule has 0 unspecified atom stereocenters. The molecule has 2 fully saturated rings. The van der Waals surface area contributed by atoms with Gasteiger partial charge in [-0.25, -0.2) is 4.79 Å². The Morgan fingerprint density at radius 2 is 1.65 bits per heavy atom. The van der Waals surface area contributed by atoms with E-state index in [0.717, 1.165) is 38.0 Å². The fourth-order valence-corrected chi connectivity index (χ4v) is 5.54. The number of piperazine rings is 1. The van der Waals surface area contributed by atoms with E-state index in [1.165, 1.54) is 19.3 Å².